The number of aromatic nitrogens is 1. The number of fused-ring (bicyclic) bond motifs is 1. The lowest BCUT2D eigenvalue weighted by Crippen LogP contribution is -2.15. The number of benzene rings is 1. The maximum atomic E-state index is 14.0. The van der Waals surface area contributed by atoms with Gasteiger partial charge in [0.2, 0.25) is 0 Å². The number of hydrogen-bond acceptors (Lipinski definition) is 4. The molecule has 1 amide bonds. The van der Waals surface area contributed by atoms with Gasteiger partial charge in [-0.3, -0.25) is 4.79 Å². The molecule has 0 aliphatic rings. The van der Waals surface area contributed by atoms with Gasteiger partial charge in [-0.05, 0) is 12.1 Å². The summed E-state index contributed by atoms with van der Waals surface area (Å²) in [6.45, 7) is 0. The molecule has 8 heteroatoms. The third-order valence-corrected chi connectivity index (χ3v) is 4.53. The van der Waals surface area contributed by atoms with E-state index in [4.69, 9.17) is 22.1 Å². The van der Waals surface area contributed by atoms with Crippen LogP contribution >= 0.6 is 22.9 Å². The summed E-state index contributed by atoms with van der Waals surface area (Å²) in [6.07, 6.45) is 0. The van der Waals surface area contributed by atoms with Crippen molar-refractivity contribution in [2.24, 2.45) is 5.73 Å². The van der Waals surface area contributed by atoms with Gasteiger partial charge >= 0.3 is 0 Å². The van der Waals surface area contributed by atoms with Gasteiger partial charge in [0.1, 0.15) is 28.2 Å². The lowest BCUT2D eigenvalue weighted by molar-refractivity contribution is 0.0996. The van der Waals surface area contributed by atoms with Crippen LogP contribution in [0.25, 0.3) is 21.2 Å². The number of nitrogens with two attached hydrogens (primary N) is 1. The molecule has 0 aliphatic carbocycles. The highest BCUT2D eigenvalue weighted by atomic mass is 35.5. The zero-order chi connectivity index (χ0) is 16.7. The molecular weight excluding hydrogens is 346 g/mol. The Morgan fingerprint density at radius 2 is 2.13 bits per heavy atom. The van der Waals surface area contributed by atoms with E-state index in [9.17, 15) is 13.6 Å². The average Bonchev–Trinajstić information content (AvgIpc) is 2.90. The van der Waals surface area contributed by atoms with Crippen LogP contribution in [0.2, 0.25) is 5.15 Å². The minimum absolute atomic E-state index is 0.0862. The molecule has 0 spiro atoms. The normalized spacial score (nSPS) is 11.0. The van der Waals surface area contributed by atoms with Crippen LogP contribution in [0.3, 0.4) is 0 Å². The molecule has 2 heterocycles. The largest absolute Gasteiger partial charge is 0.496 e. The molecule has 2 N–H and O–H groups in total. The molecule has 3 aromatic rings. The second kappa shape index (κ2) is 5.75. The van der Waals surface area contributed by atoms with Gasteiger partial charge < -0.3 is 10.5 Å². The van der Waals surface area contributed by atoms with Crippen molar-refractivity contribution in [3.63, 3.8) is 0 Å². The lowest BCUT2D eigenvalue weighted by atomic mass is 10.0. The molecule has 0 radical (unpaired) electrons. The molecule has 0 fully saturated rings. The molecule has 2 aromatic heterocycles. The minimum Gasteiger partial charge on any atom is -0.496 e. The van der Waals surface area contributed by atoms with Gasteiger partial charge in [0.05, 0.1) is 17.2 Å². The van der Waals surface area contributed by atoms with Crippen LogP contribution in [0.5, 0.6) is 5.75 Å². The zero-order valence-electron chi connectivity index (χ0n) is 11.7. The quantitative estimate of drug-likeness (QED) is 0.723. The van der Waals surface area contributed by atoms with Crippen LogP contribution in [-0.2, 0) is 0 Å². The number of nitrogens with zero attached hydrogens (tertiary/aromatic N) is 1. The van der Waals surface area contributed by atoms with Crippen molar-refractivity contribution < 1.29 is 18.3 Å². The number of hydrogen-bond donors (Lipinski definition) is 1. The lowest BCUT2D eigenvalue weighted by Gasteiger charge is -2.13. The summed E-state index contributed by atoms with van der Waals surface area (Å²) in [5.74, 6) is -1.72. The topological polar surface area (TPSA) is 65.2 Å². The van der Waals surface area contributed by atoms with Crippen LogP contribution in [0.4, 0.5) is 8.78 Å². The highest BCUT2D eigenvalue weighted by Crippen LogP contribution is 2.42. The molecule has 4 nitrogen and oxygen atoms in total. The number of rotatable bonds is 3. The van der Waals surface area contributed by atoms with E-state index in [1.54, 1.807) is 0 Å². The fourth-order valence-corrected chi connectivity index (χ4v) is 3.63. The highest BCUT2D eigenvalue weighted by Gasteiger charge is 2.24. The summed E-state index contributed by atoms with van der Waals surface area (Å²) in [4.78, 5) is 15.7. The first-order valence-corrected chi connectivity index (χ1v) is 7.59. The first-order valence-electron chi connectivity index (χ1n) is 6.34. The van der Waals surface area contributed by atoms with E-state index in [2.05, 4.69) is 4.98 Å². The van der Waals surface area contributed by atoms with Gasteiger partial charge in [-0.25, -0.2) is 13.8 Å². The fraction of sp³-hybridized carbons (Fsp3) is 0.0667. The monoisotopic (exact) mass is 354 g/mol. The Morgan fingerprint density at radius 3 is 2.78 bits per heavy atom. The summed E-state index contributed by atoms with van der Waals surface area (Å²) in [7, 11) is 1.36. The van der Waals surface area contributed by atoms with Crippen molar-refractivity contribution in [1.82, 2.24) is 4.98 Å². The summed E-state index contributed by atoms with van der Waals surface area (Å²) < 4.78 is 32.9. The number of halogens is 3. The van der Waals surface area contributed by atoms with E-state index >= 15 is 0 Å². The Bertz CT molecular complexity index is 943. The van der Waals surface area contributed by atoms with Crippen molar-refractivity contribution in [2.75, 3.05) is 7.11 Å². The molecule has 0 saturated carbocycles. The Hall–Kier alpha value is -2.25. The van der Waals surface area contributed by atoms with E-state index < -0.39 is 17.5 Å². The number of primary amides is 1. The molecule has 0 saturated heterocycles. The van der Waals surface area contributed by atoms with Gasteiger partial charge in [0.25, 0.3) is 5.91 Å². The summed E-state index contributed by atoms with van der Waals surface area (Å²) in [6, 6.07) is 3.78. The number of carbonyl (C=O) groups excluding carboxylic acids is 1. The predicted octanol–water partition coefficient (Wildman–Crippen LogP) is 4.00. The molecule has 0 atom stereocenters. The highest BCUT2D eigenvalue weighted by molar-refractivity contribution is 7.18. The Balaban J connectivity index is 2.47. The first-order chi connectivity index (χ1) is 10.9. The molecular formula is C15H9ClF2N2O2S. The third-order valence-electron chi connectivity index (χ3n) is 3.29. The Kier molecular flexibility index (Phi) is 3.91. The van der Waals surface area contributed by atoms with Gasteiger partial charge in [-0.2, -0.15) is 0 Å². The van der Waals surface area contributed by atoms with Crippen LogP contribution in [0, 0.1) is 11.6 Å². The van der Waals surface area contributed by atoms with Gasteiger partial charge in [0, 0.05) is 22.6 Å². The third kappa shape index (κ3) is 2.51. The SMILES string of the molecule is COc1cc(F)ccc1-c1c(C(N)=O)nc(Cl)c2c(F)csc12. The first kappa shape index (κ1) is 15.6. The second-order valence-electron chi connectivity index (χ2n) is 4.62. The van der Waals surface area contributed by atoms with Crippen molar-refractivity contribution in [1.29, 1.82) is 0 Å². The van der Waals surface area contributed by atoms with E-state index in [0.717, 1.165) is 17.4 Å². The molecule has 0 unspecified atom stereocenters. The Labute approximate surface area is 138 Å². The number of ether oxygens (including phenoxy) is 1. The smallest absolute Gasteiger partial charge is 0.268 e. The van der Waals surface area contributed by atoms with Crippen LogP contribution in [0.15, 0.2) is 23.6 Å². The molecule has 118 valence electrons. The second-order valence-corrected chi connectivity index (χ2v) is 5.86. The van der Waals surface area contributed by atoms with Crippen LogP contribution in [0.1, 0.15) is 10.5 Å². The van der Waals surface area contributed by atoms with Gasteiger partial charge in [0.15, 0.2) is 0 Å². The maximum Gasteiger partial charge on any atom is 0.268 e. The molecule has 1 aromatic carbocycles. The minimum atomic E-state index is -0.830. The standard InChI is InChI=1S/C15H9ClF2N2O2S/c1-22-9-4-6(17)2-3-7(9)10-12(15(19)21)20-14(16)11-8(18)5-23-13(10)11/h2-5H,1H3,(H2,19,21). The summed E-state index contributed by atoms with van der Waals surface area (Å²) in [5, 5.41) is 1.18. The van der Waals surface area contributed by atoms with Crippen molar-refractivity contribution in [2.45, 2.75) is 0 Å². The van der Waals surface area contributed by atoms with E-state index in [-0.39, 0.29) is 27.5 Å². The number of methoxy groups -OCH3 is 1. The van der Waals surface area contributed by atoms with Crippen molar-refractivity contribution >= 4 is 38.9 Å². The summed E-state index contributed by atoms with van der Waals surface area (Å²) >= 11 is 7.02. The van der Waals surface area contributed by atoms with Crippen LogP contribution in [-0.4, -0.2) is 18.0 Å². The molecule has 3 rings (SSSR count). The van der Waals surface area contributed by atoms with Gasteiger partial charge in [-0.1, -0.05) is 11.6 Å². The van der Waals surface area contributed by atoms with Crippen LogP contribution < -0.4 is 10.5 Å². The number of thiophene rings is 1. The van der Waals surface area contributed by atoms with Gasteiger partial charge in [-0.15, -0.1) is 11.3 Å². The molecule has 0 aliphatic heterocycles. The predicted molar refractivity (Wildman–Crippen MR) is 85.1 cm³/mol. The maximum absolute atomic E-state index is 14.0. The zero-order valence-corrected chi connectivity index (χ0v) is 13.3. The Morgan fingerprint density at radius 1 is 1.39 bits per heavy atom. The van der Waals surface area contributed by atoms with E-state index in [0.29, 0.717) is 10.3 Å². The number of pyridine rings is 1. The summed E-state index contributed by atoms with van der Waals surface area (Å²) in [5.41, 5.74) is 5.89. The molecule has 0 bridgehead atoms. The number of carbonyl (C=O) groups is 1. The fourth-order valence-electron chi connectivity index (χ4n) is 2.33. The number of amides is 1. The molecule has 23 heavy (non-hydrogen) atoms. The van der Waals surface area contributed by atoms with Crippen molar-refractivity contribution in [3.05, 3.63) is 46.1 Å². The van der Waals surface area contributed by atoms with E-state index in [1.165, 1.54) is 24.6 Å². The van der Waals surface area contributed by atoms with Crippen molar-refractivity contribution in [3.8, 4) is 16.9 Å². The van der Waals surface area contributed by atoms with E-state index in [1.807, 2.05) is 0 Å². The average molecular weight is 355 g/mol.